The average molecular weight is 391 g/mol. The Bertz CT molecular complexity index is 816. The van der Waals surface area contributed by atoms with Gasteiger partial charge in [-0.05, 0) is 24.1 Å². The fraction of sp³-hybridized carbons (Fsp3) is 0.316. The van der Waals surface area contributed by atoms with Crippen molar-refractivity contribution in [2.24, 2.45) is 17.4 Å². The van der Waals surface area contributed by atoms with Crippen molar-refractivity contribution in [2.45, 2.75) is 12.5 Å². The van der Waals surface area contributed by atoms with E-state index < -0.39 is 10.8 Å². The number of carbonyl (C=O) groups excluding carboxylic acids is 1. The first-order chi connectivity index (χ1) is 12.5. The van der Waals surface area contributed by atoms with Crippen LogP contribution >= 0.6 is 12.4 Å². The summed E-state index contributed by atoms with van der Waals surface area (Å²) in [5.74, 6) is -0.0559. The highest BCUT2D eigenvalue weighted by atomic mass is 35.5. The van der Waals surface area contributed by atoms with E-state index in [2.05, 4.69) is 17.0 Å². The van der Waals surface area contributed by atoms with Crippen LogP contribution in [-0.2, 0) is 6.54 Å². The molecule has 0 aromatic heterocycles. The molecule has 8 heteroatoms. The van der Waals surface area contributed by atoms with Crippen LogP contribution in [0.2, 0.25) is 0 Å². The topological polar surface area (TPSA) is 115 Å². The predicted molar refractivity (Wildman–Crippen MR) is 106 cm³/mol. The highest BCUT2D eigenvalue weighted by molar-refractivity contribution is 5.93. The van der Waals surface area contributed by atoms with E-state index in [1.54, 1.807) is 6.07 Å². The number of hydrogen-bond acceptors (Lipinski definition) is 5. The van der Waals surface area contributed by atoms with Gasteiger partial charge in [-0.1, -0.05) is 36.4 Å². The van der Waals surface area contributed by atoms with Crippen LogP contribution in [0, 0.1) is 16.0 Å². The van der Waals surface area contributed by atoms with E-state index in [9.17, 15) is 14.9 Å². The van der Waals surface area contributed by atoms with Gasteiger partial charge in [-0.15, -0.1) is 12.4 Å². The van der Waals surface area contributed by atoms with Gasteiger partial charge in [-0.3, -0.25) is 19.8 Å². The highest BCUT2D eigenvalue weighted by Gasteiger charge is 2.33. The second-order valence-electron chi connectivity index (χ2n) is 6.67. The summed E-state index contributed by atoms with van der Waals surface area (Å²) in [4.78, 5) is 24.4. The summed E-state index contributed by atoms with van der Waals surface area (Å²) in [6.07, 6.45) is 0. The molecule has 2 aromatic rings. The van der Waals surface area contributed by atoms with Crippen molar-refractivity contribution in [2.75, 3.05) is 19.6 Å². The summed E-state index contributed by atoms with van der Waals surface area (Å²) >= 11 is 0. The monoisotopic (exact) mass is 390 g/mol. The zero-order valence-electron chi connectivity index (χ0n) is 14.8. The van der Waals surface area contributed by atoms with Crippen molar-refractivity contribution in [1.29, 1.82) is 0 Å². The fourth-order valence-corrected chi connectivity index (χ4v) is 3.67. The van der Waals surface area contributed by atoms with Crippen molar-refractivity contribution < 1.29 is 9.72 Å². The van der Waals surface area contributed by atoms with Gasteiger partial charge in [0.1, 0.15) is 0 Å². The predicted octanol–water partition coefficient (Wildman–Crippen LogP) is 2.29. The Kier molecular flexibility index (Phi) is 6.90. The zero-order valence-corrected chi connectivity index (χ0v) is 15.6. The normalized spacial score (nSPS) is 19.4. The number of carbonyl (C=O) groups is 1. The number of nitro groups is 1. The third kappa shape index (κ3) is 4.63. The number of rotatable bonds is 6. The maximum Gasteiger partial charge on any atom is 0.274 e. The molecule has 1 fully saturated rings. The number of benzene rings is 2. The number of hydrogen-bond donors (Lipinski definition) is 2. The second-order valence-corrected chi connectivity index (χ2v) is 6.67. The van der Waals surface area contributed by atoms with Gasteiger partial charge in [0.2, 0.25) is 5.91 Å². The Morgan fingerprint density at radius 2 is 1.89 bits per heavy atom. The van der Waals surface area contributed by atoms with Crippen LogP contribution in [0.25, 0.3) is 0 Å². The molecule has 4 N–H and O–H groups in total. The lowest BCUT2D eigenvalue weighted by Gasteiger charge is -2.17. The van der Waals surface area contributed by atoms with Gasteiger partial charge in [-0.2, -0.15) is 0 Å². The standard InChI is InChI=1S/C19H22N4O3.ClH/c20-9-16-11-22(12-17(16)13-4-2-1-3-5-13)10-15-7-6-14(19(21)24)8-18(15)23(25)26;/h1-8,16-17H,9-12,20H2,(H2,21,24);1H/t16-,17+;/m1./s1. The van der Waals surface area contributed by atoms with Crippen molar-refractivity contribution in [1.82, 2.24) is 4.90 Å². The first-order valence-corrected chi connectivity index (χ1v) is 8.54. The van der Waals surface area contributed by atoms with Gasteiger partial charge >= 0.3 is 0 Å². The minimum Gasteiger partial charge on any atom is -0.366 e. The van der Waals surface area contributed by atoms with E-state index in [0.29, 0.717) is 30.5 Å². The van der Waals surface area contributed by atoms with Crippen LogP contribution in [0.4, 0.5) is 5.69 Å². The number of nitro benzene ring substituents is 1. The molecule has 0 radical (unpaired) electrons. The zero-order chi connectivity index (χ0) is 18.7. The highest BCUT2D eigenvalue weighted by Crippen LogP contribution is 2.34. The first kappa shape index (κ1) is 20.8. The molecule has 1 aliphatic heterocycles. The molecule has 7 nitrogen and oxygen atoms in total. The maximum atomic E-state index is 11.4. The van der Waals surface area contributed by atoms with Crippen molar-refractivity contribution in [3.8, 4) is 0 Å². The summed E-state index contributed by atoms with van der Waals surface area (Å²) in [6, 6.07) is 14.6. The average Bonchev–Trinajstić information content (AvgIpc) is 3.05. The Labute approximate surface area is 163 Å². The van der Waals surface area contributed by atoms with Gasteiger partial charge in [0.15, 0.2) is 0 Å². The number of primary amides is 1. The molecule has 27 heavy (non-hydrogen) atoms. The molecule has 0 saturated carbocycles. The summed E-state index contributed by atoms with van der Waals surface area (Å²) in [6.45, 7) is 2.58. The molecule has 0 spiro atoms. The van der Waals surface area contributed by atoms with E-state index in [-0.39, 0.29) is 23.7 Å². The Hall–Kier alpha value is -2.48. The number of halogens is 1. The van der Waals surface area contributed by atoms with Gasteiger partial charge in [-0.25, -0.2) is 0 Å². The van der Waals surface area contributed by atoms with Crippen molar-refractivity contribution in [3.05, 3.63) is 75.3 Å². The minimum absolute atomic E-state index is 0. The Morgan fingerprint density at radius 1 is 1.19 bits per heavy atom. The van der Waals surface area contributed by atoms with Crippen molar-refractivity contribution in [3.63, 3.8) is 0 Å². The third-order valence-electron chi connectivity index (χ3n) is 5.01. The van der Waals surface area contributed by atoms with Crippen LogP contribution in [0.3, 0.4) is 0 Å². The van der Waals surface area contributed by atoms with Crippen LogP contribution in [0.5, 0.6) is 0 Å². The number of likely N-dealkylation sites (tertiary alicyclic amines) is 1. The number of nitrogens with two attached hydrogens (primary N) is 2. The Morgan fingerprint density at radius 3 is 2.48 bits per heavy atom. The molecule has 0 unspecified atom stereocenters. The first-order valence-electron chi connectivity index (χ1n) is 8.54. The summed E-state index contributed by atoms with van der Waals surface area (Å²) in [5, 5.41) is 11.4. The smallest absolute Gasteiger partial charge is 0.274 e. The molecule has 1 aliphatic rings. The molecule has 2 atom stereocenters. The maximum absolute atomic E-state index is 11.4. The van der Waals surface area contributed by atoms with Crippen molar-refractivity contribution >= 4 is 24.0 Å². The largest absolute Gasteiger partial charge is 0.366 e. The minimum atomic E-state index is -0.673. The van der Waals surface area contributed by atoms with Crippen LogP contribution in [-0.4, -0.2) is 35.4 Å². The molecule has 1 saturated heterocycles. The fourth-order valence-electron chi connectivity index (χ4n) is 3.67. The van der Waals surface area contributed by atoms with Gasteiger partial charge in [0.05, 0.1) is 4.92 Å². The van der Waals surface area contributed by atoms with Gasteiger partial charge in [0, 0.05) is 42.7 Å². The van der Waals surface area contributed by atoms with Crippen LogP contribution < -0.4 is 11.5 Å². The third-order valence-corrected chi connectivity index (χ3v) is 5.01. The van der Waals surface area contributed by atoms with E-state index in [1.807, 2.05) is 18.2 Å². The van der Waals surface area contributed by atoms with E-state index >= 15 is 0 Å². The van der Waals surface area contributed by atoms with Crippen LogP contribution in [0.1, 0.15) is 27.4 Å². The van der Waals surface area contributed by atoms with Gasteiger partial charge in [0.25, 0.3) is 5.69 Å². The lowest BCUT2D eigenvalue weighted by Crippen LogP contribution is -2.23. The molecular weight excluding hydrogens is 368 g/mol. The van der Waals surface area contributed by atoms with E-state index in [0.717, 1.165) is 13.1 Å². The lowest BCUT2D eigenvalue weighted by atomic mass is 9.89. The van der Waals surface area contributed by atoms with Crippen LogP contribution in [0.15, 0.2) is 48.5 Å². The summed E-state index contributed by atoms with van der Waals surface area (Å²) in [7, 11) is 0. The SMILES string of the molecule is Cl.NC[C@@H]1CN(Cc2ccc(C(N)=O)cc2[N+](=O)[O-])C[C@H]1c1ccccc1. The molecule has 1 heterocycles. The molecular formula is C19H23ClN4O3. The number of nitrogens with zero attached hydrogens (tertiary/aromatic N) is 2. The van der Waals surface area contributed by atoms with E-state index in [1.165, 1.54) is 17.7 Å². The summed E-state index contributed by atoms with van der Waals surface area (Å²) < 4.78 is 0. The Balaban J connectivity index is 0.00000261. The molecule has 1 amide bonds. The quantitative estimate of drug-likeness (QED) is 0.580. The molecule has 2 aromatic carbocycles. The second kappa shape index (κ2) is 8.94. The molecule has 3 rings (SSSR count). The molecule has 0 aliphatic carbocycles. The molecule has 144 valence electrons. The summed E-state index contributed by atoms with van der Waals surface area (Å²) in [5.41, 5.74) is 13.1. The van der Waals surface area contributed by atoms with Gasteiger partial charge < -0.3 is 11.5 Å². The van der Waals surface area contributed by atoms with E-state index in [4.69, 9.17) is 11.5 Å². The lowest BCUT2D eigenvalue weighted by molar-refractivity contribution is -0.385. The number of amides is 1. The molecule has 0 bridgehead atoms.